The van der Waals surface area contributed by atoms with Crippen LogP contribution in [0.4, 0.5) is 4.39 Å². The molecule has 0 aliphatic heterocycles. The molecule has 2 rings (SSSR count). The summed E-state index contributed by atoms with van der Waals surface area (Å²) in [6.07, 6.45) is 0.255. The van der Waals surface area contributed by atoms with E-state index in [0.29, 0.717) is 0 Å². The Hall–Kier alpha value is -2.16. The second-order valence-corrected chi connectivity index (χ2v) is 6.96. The second-order valence-electron chi connectivity index (χ2n) is 6.96. The first kappa shape index (κ1) is 17.2. The molecule has 2 aromatic carbocycles. The van der Waals surface area contributed by atoms with Crippen LogP contribution >= 0.6 is 0 Å². The Morgan fingerprint density at radius 1 is 1.04 bits per heavy atom. The van der Waals surface area contributed by atoms with Gasteiger partial charge in [0.05, 0.1) is 12.5 Å². The van der Waals surface area contributed by atoms with E-state index in [1.54, 1.807) is 12.1 Å². The number of hydrogen-bond donors (Lipinski definition) is 1. The maximum absolute atomic E-state index is 12.9. The summed E-state index contributed by atoms with van der Waals surface area (Å²) in [6.45, 7) is 8.50. The van der Waals surface area contributed by atoms with Gasteiger partial charge in [-0.25, -0.2) is 4.39 Å². The molecule has 0 bridgehead atoms. The smallest absolute Gasteiger partial charge is 0.224 e. The van der Waals surface area contributed by atoms with E-state index in [1.807, 2.05) is 6.92 Å². The molecule has 23 heavy (non-hydrogen) atoms. The SMILES string of the molecule is C[C@H](NC(=O)Cc1ccc(F)cc1)c1ccc(C(C)(C)C)cc1. The zero-order chi connectivity index (χ0) is 17.0. The summed E-state index contributed by atoms with van der Waals surface area (Å²) in [7, 11) is 0. The summed E-state index contributed by atoms with van der Waals surface area (Å²) >= 11 is 0. The fourth-order valence-electron chi connectivity index (χ4n) is 2.44. The van der Waals surface area contributed by atoms with Crippen molar-refractivity contribution < 1.29 is 9.18 Å². The fourth-order valence-corrected chi connectivity index (χ4v) is 2.44. The molecule has 0 saturated heterocycles. The van der Waals surface area contributed by atoms with Gasteiger partial charge in [-0.05, 0) is 41.2 Å². The summed E-state index contributed by atoms with van der Waals surface area (Å²) in [6, 6.07) is 14.3. The van der Waals surface area contributed by atoms with Crippen LogP contribution < -0.4 is 5.32 Å². The molecule has 0 aliphatic carbocycles. The van der Waals surface area contributed by atoms with E-state index >= 15 is 0 Å². The minimum atomic E-state index is -0.290. The standard InChI is InChI=1S/C20H24FNO/c1-14(16-7-9-17(10-8-16)20(2,3)4)22-19(23)13-15-5-11-18(21)12-6-15/h5-12,14H,13H2,1-4H3,(H,22,23)/t14-/m0/s1. The fraction of sp³-hybridized carbons (Fsp3) is 0.350. The van der Waals surface area contributed by atoms with E-state index in [2.05, 4.69) is 50.4 Å². The van der Waals surface area contributed by atoms with Crippen molar-refractivity contribution in [3.05, 3.63) is 71.0 Å². The molecule has 0 unspecified atom stereocenters. The van der Waals surface area contributed by atoms with E-state index in [-0.39, 0.29) is 29.6 Å². The highest BCUT2D eigenvalue weighted by Gasteiger charge is 2.15. The molecule has 1 amide bonds. The van der Waals surface area contributed by atoms with Crippen LogP contribution in [0.2, 0.25) is 0 Å². The van der Waals surface area contributed by atoms with Gasteiger partial charge in [0, 0.05) is 0 Å². The van der Waals surface area contributed by atoms with Gasteiger partial charge in [0.25, 0.3) is 0 Å². The van der Waals surface area contributed by atoms with Crippen molar-refractivity contribution in [2.24, 2.45) is 0 Å². The zero-order valence-corrected chi connectivity index (χ0v) is 14.2. The van der Waals surface area contributed by atoms with Gasteiger partial charge in [-0.2, -0.15) is 0 Å². The maximum Gasteiger partial charge on any atom is 0.224 e. The lowest BCUT2D eigenvalue weighted by Gasteiger charge is -2.20. The Morgan fingerprint density at radius 3 is 2.13 bits per heavy atom. The third-order valence-corrected chi connectivity index (χ3v) is 3.93. The van der Waals surface area contributed by atoms with Crippen molar-refractivity contribution in [2.75, 3.05) is 0 Å². The molecule has 2 aromatic rings. The highest BCUT2D eigenvalue weighted by molar-refractivity contribution is 5.79. The van der Waals surface area contributed by atoms with Gasteiger partial charge >= 0.3 is 0 Å². The highest BCUT2D eigenvalue weighted by atomic mass is 19.1. The Morgan fingerprint density at radius 2 is 1.61 bits per heavy atom. The Labute approximate surface area is 137 Å². The summed E-state index contributed by atoms with van der Waals surface area (Å²) in [4.78, 5) is 12.1. The molecule has 2 nitrogen and oxygen atoms in total. The van der Waals surface area contributed by atoms with E-state index in [1.165, 1.54) is 17.7 Å². The van der Waals surface area contributed by atoms with Crippen molar-refractivity contribution in [3.63, 3.8) is 0 Å². The maximum atomic E-state index is 12.9. The van der Waals surface area contributed by atoms with Crippen LogP contribution in [0.1, 0.15) is 50.4 Å². The monoisotopic (exact) mass is 313 g/mol. The summed E-state index contributed by atoms with van der Waals surface area (Å²) in [5.74, 6) is -0.356. The number of amides is 1. The minimum Gasteiger partial charge on any atom is -0.349 e. The van der Waals surface area contributed by atoms with E-state index in [9.17, 15) is 9.18 Å². The van der Waals surface area contributed by atoms with Crippen molar-refractivity contribution >= 4 is 5.91 Å². The number of rotatable bonds is 4. The summed E-state index contributed by atoms with van der Waals surface area (Å²) < 4.78 is 12.9. The van der Waals surface area contributed by atoms with E-state index in [4.69, 9.17) is 0 Å². The molecule has 3 heteroatoms. The van der Waals surface area contributed by atoms with Crippen LogP contribution in [0.15, 0.2) is 48.5 Å². The first-order valence-corrected chi connectivity index (χ1v) is 7.90. The van der Waals surface area contributed by atoms with E-state index < -0.39 is 0 Å². The van der Waals surface area contributed by atoms with Crippen molar-refractivity contribution in [1.82, 2.24) is 5.32 Å². The number of carbonyl (C=O) groups excluding carboxylic acids is 1. The molecule has 1 N–H and O–H groups in total. The number of benzene rings is 2. The molecule has 0 aliphatic rings. The van der Waals surface area contributed by atoms with Gasteiger partial charge in [0.15, 0.2) is 0 Å². The van der Waals surface area contributed by atoms with Gasteiger partial charge in [0.2, 0.25) is 5.91 Å². The Bertz CT molecular complexity index is 654. The molecule has 0 spiro atoms. The number of halogens is 1. The predicted molar refractivity (Wildman–Crippen MR) is 91.8 cm³/mol. The summed E-state index contributed by atoms with van der Waals surface area (Å²) in [5, 5.41) is 2.98. The Balaban J connectivity index is 1.96. The lowest BCUT2D eigenvalue weighted by atomic mass is 9.86. The number of carbonyl (C=O) groups is 1. The van der Waals surface area contributed by atoms with Crippen molar-refractivity contribution in [3.8, 4) is 0 Å². The van der Waals surface area contributed by atoms with Crippen LogP contribution in [0, 0.1) is 5.82 Å². The van der Waals surface area contributed by atoms with Crippen LogP contribution in [0.3, 0.4) is 0 Å². The van der Waals surface area contributed by atoms with Crippen LogP contribution in [-0.4, -0.2) is 5.91 Å². The van der Waals surface area contributed by atoms with Gasteiger partial charge in [-0.1, -0.05) is 57.2 Å². The third-order valence-electron chi connectivity index (χ3n) is 3.93. The topological polar surface area (TPSA) is 29.1 Å². The molecular formula is C20H24FNO. The normalized spacial score (nSPS) is 12.7. The van der Waals surface area contributed by atoms with Gasteiger partial charge < -0.3 is 5.32 Å². The largest absolute Gasteiger partial charge is 0.349 e. The summed E-state index contributed by atoms with van der Waals surface area (Å²) in [5.41, 5.74) is 3.27. The molecule has 0 saturated carbocycles. The van der Waals surface area contributed by atoms with Crippen LogP contribution in [0.5, 0.6) is 0 Å². The predicted octanol–water partition coefficient (Wildman–Crippen LogP) is 4.54. The highest BCUT2D eigenvalue weighted by Crippen LogP contribution is 2.23. The quantitative estimate of drug-likeness (QED) is 0.882. The lowest BCUT2D eigenvalue weighted by Crippen LogP contribution is -2.28. The number of hydrogen-bond acceptors (Lipinski definition) is 1. The van der Waals surface area contributed by atoms with Gasteiger partial charge in [0.1, 0.15) is 5.82 Å². The van der Waals surface area contributed by atoms with Crippen LogP contribution in [0.25, 0.3) is 0 Å². The van der Waals surface area contributed by atoms with Crippen molar-refractivity contribution in [1.29, 1.82) is 0 Å². The molecule has 0 heterocycles. The molecule has 0 aromatic heterocycles. The molecule has 0 radical (unpaired) electrons. The average molecular weight is 313 g/mol. The van der Waals surface area contributed by atoms with Gasteiger partial charge in [-0.3, -0.25) is 4.79 Å². The average Bonchev–Trinajstić information content (AvgIpc) is 2.49. The van der Waals surface area contributed by atoms with Crippen molar-refractivity contribution in [2.45, 2.75) is 45.6 Å². The molecular weight excluding hydrogens is 289 g/mol. The van der Waals surface area contributed by atoms with Crippen LogP contribution in [-0.2, 0) is 16.6 Å². The lowest BCUT2D eigenvalue weighted by molar-refractivity contribution is -0.121. The Kier molecular flexibility index (Phi) is 5.19. The first-order chi connectivity index (χ1) is 10.8. The van der Waals surface area contributed by atoms with Gasteiger partial charge in [-0.15, -0.1) is 0 Å². The molecule has 1 atom stereocenters. The first-order valence-electron chi connectivity index (χ1n) is 7.90. The third kappa shape index (κ3) is 4.92. The van der Waals surface area contributed by atoms with E-state index in [0.717, 1.165) is 11.1 Å². The molecule has 122 valence electrons. The number of nitrogens with one attached hydrogen (secondary N) is 1. The zero-order valence-electron chi connectivity index (χ0n) is 14.2. The molecule has 0 fully saturated rings. The second kappa shape index (κ2) is 6.95. The minimum absolute atomic E-state index is 0.0584.